The predicted molar refractivity (Wildman–Crippen MR) is 198 cm³/mol. The first-order valence-corrected chi connectivity index (χ1v) is 17.0. The van der Waals surface area contributed by atoms with Crippen molar-refractivity contribution in [1.29, 1.82) is 0 Å². The summed E-state index contributed by atoms with van der Waals surface area (Å²) in [7, 11) is 0. The minimum Gasteiger partial charge on any atom is -0.309 e. The number of hydrogen-bond donors (Lipinski definition) is 0. The third-order valence-electron chi connectivity index (χ3n) is 9.72. The van der Waals surface area contributed by atoms with E-state index in [0.29, 0.717) is 0 Å². The Morgan fingerprint density at radius 3 is 1.35 bits per heavy atom. The van der Waals surface area contributed by atoms with E-state index in [9.17, 15) is 0 Å². The molecule has 2 heterocycles. The molecule has 8 aromatic rings. The van der Waals surface area contributed by atoms with E-state index in [1.54, 1.807) is 0 Å². The lowest BCUT2D eigenvalue weighted by atomic mass is 10.0. The maximum absolute atomic E-state index is 2.44. The molecule has 46 heavy (non-hydrogen) atoms. The highest BCUT2D eigenvalue weighted by Crippen LogP contribution is 2.35. The number of nitrogens with zero attached hydrogens (tertiary/aromatic N) is 2. The second-order valence-corrected chi connectivity index (χ2v) is 12.7. The van der Waals surface area contributed by atoms with Crippen LogP contribution in [0.25, 0.3) is 66.1 Å². The van der Waals surface area contributed by atoms with Crippen molar-refractivity contribution in [2.24, 2.45) is 0 Å². The molecule has 2 nitrogen and oxygen atoms in total. The molecular formula is C44H40N2. The fourth-order valence-corrected chi connectivity index (χ4v) is 7.37. The fraction of sp³-hybridized carbons (Fsp3) is 0.182. The molecule has 2 heteroatoms. The highest BCUT2D eigenvalue weighted by atomic mass is 15.0. The summed E-state index contributed by atoms with van der Waals surface area (Å²) in [6.45, 7) is 2.28. The third-order valence-corrected chi connectivity index (χ3v) is 9.72. The topological polar surface area (TPSA) is 9.86 Å². The molecule has 2 aromatic heterocycles. The Balaban J connectivity index is 1.09. The average Bonchev–Trinajstić information content (AvgIpc) is 3.63. The molecule has 0 saturated carbocycles. The van der Waals surface area contributed by atoms with Gasteiger partial charge in [-0.1, -0.05) is 124 Å². The third kappa shape index (κ3) is 5.08. The minimum absolute atomic E-state index is 1.16. The molecule has 226 valence electrons. The molecule has 0 aliphatic heterocycles. The number of aromatic nitrogens is 2. The Hall–Kier alpha value is -5.08. The van der Waals surface area contributed by atoms with Crippen LogP contribution < -0.4 is 0 Å². The van der Waals surface area contributed by atoms with E-state index in [-0.39, 0.29) is 0 Å². The van der Waals surface area contributed by atoms with Gasteiger partial charge < -0.3 is 9.13 Å². The molecule has 0 bridgehead atoms. The molecule has 6 aromatic carbocycles. The maximum Gasteiger partial charge on any atom is 0.0541 e. The highest BCUT2D eigenvalue weighted by Gasteiger charge is 2.14. The summed E-state index contributed by atoms with van der Waals surface area (Å²) in [5.74, 6) is 0. The van der Waals surface area contributed by atoms with Crippen molar-refractivity contribution in [3.05, 3.63) is 145 Å². The van der Waals surface area contributed by atoms with Crippen LogP contribution in [0.4, 0.5) is 0 Å². The van der Waals surface area contributed by atoms with Gasteiger partial charge in [0.2, 0.25) is 0 Å². The van der Waals surface area contributed by atoms with Gasteiger partial charge >= 0.3 is 0 Å². The zero-order valence-electron chi connectivity index (χ0n) is 26.6. The van der Waals surface area contributed by atoms with Crippen LogP contribution in [0.2, 0.25) is 0 Å². The fourth-order valence-electron chi connectivity index (χ4n) is 7.37. The van der Waals surface area contributed by atoms with Gasteiger partial charge in [-0.15, -0.1) is 0 Å². The van der Waals surface area contributed by atoms with Crippen LogP contribution in [-0.4, -0.2) is 9.13 Å². The van der Waals surface area contributed by atoms with Crippen molar-refractivity contribution in [1.82, 2.24) is 9.13 Å². The van der Waals surface area contributed by atoms with Gasteiger partial charge in [-0.2, -0.15) is 0 Å². The molecule has 0 unspecified atom stereocenters. The Kier molecular flexibility index (Phi) is 7.64. The van der Waals surface area contributed by atoms with E-state index in [1.165, 1.54) is 110 Å². The van der Waals surface area contributed by atoms with Gasteiger partial charge in [-0.25, -0.2) is 0 Å². The lowest BCUT2D eigenvalue weighted by Crippen LogP contribution is -1.95. The van der Waals surface area contributed by atoms with Gasteiger partial charge in [0, 0.05) is 32.9 Å². The number of fused-ring (bicyclic) bond motifs is 6. The minimum atomic E-state index is 1.16. The molecule has 8 rings (SSSR count). The Bertz CT molecular complexity index is 2230. The Morgan fingerprint density at radius 2 is 0.826 bits per heavy atom. The summed E-state index contributed by atoms with van der Waals surface area (Å²) in [6.07, 6.45) is 9.16. The van der Waals surface area contributed by atoms with Gasteiger partial charge in [0.25, 0.3) is 0 Å². The summed E-state index contributed by atoms with van der Waals surface area (Å²) >= 11 is 0. The lowest BCUT2D eigenvalue weighted by Gasteiger charge is -2.11. The molecule has 0 atom stereocenters. The summed E-state index contributed by atoms with van der Waals surface area (Å²) in [5, 5.41) is 5.25. The second-order valence-electron chi connectivity index (χ2n) is 12.7. The molecule has 0 aliphatic rings. The molecule has 0 fully saturated rings. The first kappa shape index (κ1) is 28.4. The molecule has 0 spiro atoms. The van der Waals surface area contributed by atoms with E-state index in [1.807, 2.05) is 0 Å². The van der Waals surface area contributed by atoms with Crippen LogP contribution in [-0.2, 0) is 6.42 Å². The van der Waals surface area contributed by atoms with Gasteiger partial charge in [-0.05, 0) is 84.1 Å². The van der Waals surface area contributed by atoms with Gasteiger partial charge in [0.05, 0.1) is 22.1 Å². The zero-order chi connectivity index (χ0) is 30.9. The second kappa shape index (κ2) is 12.4. The van der Waals surface area contributed by atoms with Crippen molar-refractivity contribution < 1.29 is 0 Å². The van der Waals surface area contributed by atoms with Gasteiger partial charge in [-0.3, -0.25) is 0 Å². The van der Waals surface area contributed by atoms with Crippen molar-refractivity contribution >= 4 is 43.6 Å². The van der Waals surface area contributed by atoms with Crippen LogP contribution in [0, 0.1) is 0 Å². The quantitative estimate of drug-likeness (QED) is 0.139. The number of rotatable bonds is 10. The van der Waals surface area contributed by atoms with Crippen molar-refractivity contribution in [2.75, 3.05) is 0 Å². The SMILES string of the molecule is CCCCCCCCc1ccc2c(c1)c1ccccc1n2-c1ccc(-c2ccc(-n3c4ccccc4c4ccccc43)cc2)cc1. The summed E-state index contributed by atoms with van der Waals surface area (Å²) in [6, 6.07) is 51.4. The zero-order valence-corrected chi connectivity index (χ0v) is 26.6. The summed E-state index contributed by atoms with van der Waals surface area (Å²) in [5.41, 5.74) is 11.3. The average molecular weight is 597 g/mol. The maximum atomic E-state index is 2.44. The van der Waals surface area contributed by atoms with Crippen LogP contribution in [0.3, 0.4) is 0 Å². The highest BCUT2D eigenvalue weighted by molar-refractivity contribution is 6.10. The van der Waals surface area contributed by atoms with Crippen LogP contribution >= 0.6 is 0 Å². The standard InChI is InChI=1S/C44H40N2/c1-2-3-4-5-6-7-14-32-21-30-44-40(31-32)39-17-10-13-20-43(39)46(44)36-28-24-34(25-29-36)33-22-26-35(27-23-33)45-41-18-11-8-15-37(41)38-16-9-12-19-42(38)45/h8-13,15-31H,2-7,14H2,1H3. The van der Waals surface area contributed by atoms with E-state index >= 15 is 0 Å². The first-order valence-electron chi connectivity index (χ1n) is 17.0. The van der Waals surface area contributed by atoms with E-state index in [0.717, 1.165) is 6.42 Å². The number of benzene rings is 6. The number of para-hydroxylation sites is 3. The molecule has 0 N–H and O–H groups in total. The monoisotopic (exact) mass is 596 g/mol. The van der Waals surface area contributed by atoms with Crippen LogP contribution in [0.15, 0.2) is 140 Å². The molecule has 0 radical (unpaired) electrons. The van der Waals surface area contributed by atoms with Crippen LogP contribution in [0.5, 0.6) is 0 Å². The number of unbranched alkanes of at least 4 members (excludes halogenated alkanes) is 5. The van der Waals surface area contributed by atoms with E-state index in [2.05, 4.69) is 156 Å². The molecule has 0 saturated heterocycles. The largest absolute Gasteiger partial charge is 0.309 e. The lowest BCUT2D eigenvalue weighted by molar-refractivity contribution is 0.607. The summed E-state index contributed by atoms with van der Waals surface area (Å²) in [4.78, 5) is 0. The summed E-state index contributed by atoms with van der Waals surface area (Å²) < 4.78 is 4.80. The molecule has 0 amide bonds. The van der Waals surface area contributed by atoms with E-state index < -0.39 is 0 Å². The predicted octanol–water partition coefficient (Wildman–Crippen LogP) is 12.5. The van der Waals surface area contributed by atoms with Crippen molar-refractivity contribution in [3.63, 3.8) is 0 Å². The Morgan fingerprint density at radius 1 is 0.391 bits per heavy atom. The van der Waals surface area contributed by atoms with Gasteiger partial charge in [0.1, 0.15) is 0 Å². The van der Waals surface area contributed by atoms with Crippen LogP contribution in [0.1, 0.15) is 51.0 Å². The first-order chi connectivity index (χ1) is 22.8. The smallest absolute Gasteiger partial charge is 0.0541 e. The normalized spacial score (nSPS) is 11.8. The number of aryl methyl sites for hydroxylation is 1. The Labute approximate surface area is 271 Å². The number of hydrogen-bond acceptors (Lipinski definition) is 0. The molecule has 0 aliphatic carbocycles. The van der Waals surface area contributed by atoms with Crippen molar-refractivity contribution in [3.8, 4) is 22.5 Å². The molecular weight excluding hydrogens is 556 g/mol. The van der Waals surface area contributed by atoms with E-state index in [4.69, 9.17) is 0 Å². The van der Waals surface area contributed by atoms with Crippen molar-refractivity contribution in [2.45, 2.75) is 51.9 Å². The van der Waals surface area contributed by atoms with Gasteiger partial charge in [0.15, 0.2) is 0 Å².